The summed E-state index contributed by atoms with van der Waals surface area (Å²) in [5, 5.41) is 0. The smallest absolute Gasteiger partial charge is 0.0233 e. The molecule has 2 saturated carbocycles. The third-order valence-corrected chi connectivity index (χ3v) is 6.48. The molecule has 0 unspecified atom stereocenters. The molecule has 0 amide bonds. The Morgan fingerprint density at radius 1 is 0.750 bits per heavy atom. The van der Waals surface area contributed by atoms with Gasteiger partial charge in [0.05, 0.1) is 0 Å². The van der Waals surface area contributed by atoms with Crippen LogP contribution in [0.1, 0.15) is 90.4 Å². The van der Waals surface area contributed by atoms with Gasteiger partial charge in [-0.05, 0) is 101 Å². The van der Waals surface area contributed by atoms with Crippen molar-refractivity contribution in [2.24, 2.45) is 23.7 Å². The molecule has 2 aliphatic carbocycles. The fraction of sp³-hybridized carbons (Fsp3) is 0.750. The van der Waals surface area contributed by atoms with E-state index in [1.165, 1.54) is 83.5 Å². The summed E-state index contributed by atoms with van der Waals surface area (Å²) in [5.41, 5.74) is 0. The van der Waals surface area contributed by atoms with Crippen molar-refractivity contribution in [3.8, 4) is 0 Å². The minimum atomic E-state index is 0.881. The van der Waals surface area contributed by atoms with Gasteiger partial charge < -0.3 is 0 Å². The molecule has 0 aromatic rings. The molecular weight excluding hydrogens is 288 g/mol. The van der Waals surface area contributed by atoms with Crippen LogP contribution in [0, 0.1) is 23.7 Å². The first-order valence-electron chi connectivity index (χ1n) is 10.7. The summed E-state index contributed by atoms with van der Waals surface area (Å²) in [6.45, 7) is 6.02. The van der Waals surface area contributed by atoms with Crippen LogP contribution in [0.15, 0.2) is 37.0 Å². The highest BCUT2D eigenvalue weighted by Crippen LogP contribution is 2.34. The van der Waals surface area contributed by atoms with Gasteiger partial charge in [-0.2, -0.15) is 0 Å². The van der Waals surface area contributed by atoms with Gasteiger partial charge in [0.1, 0.15) is 0 Å². The van der Waals surface area contributed by atoms with Crippen LogP contribution in [0.25, 0.3) is 0 Å². The monoisotopic (exact) mass is 328 g/mol. The van der Waals surface area contributed by atoms with Gasteiger partial charge in [0.25, 0.3) is 0 Å². The van der Waals surface area contributed by atoms with Gasteiger partial charge in [-0.25, -0.2) is 0 Å². The lowest BCUT2D eigenvalue weighted by atomic mass is 9.78. The molecule has 0 heteroatoms. The van der Waals surface area contributed by atoms with Crippen LogP contribution in [-0.4, -0.2) is 0 Å². The summed E-state index contributed by atoms with van der Waals surface area (Å²) in [5.74, 6) is 3.82. The minimum absolute atomic E-state index is 0.881. The average Bonchev–Trinajstić information content (AvgIpc) is 2.62. The quantitative estimate of drug-likeness (QED) is 0.378. The SMILES string of the molecule is C=CCC1CCC(CCC=CC2CCC(CCC=CC)CC2)CC1. The van der Waals surface area contributed by atoms with E-state index < -0.39 is 0 Å². The first-order valence-corrected chi connectivity index (χ1v) is 10.7. The van der Waals surface area contributed by atoms with Crippen molar-refractivity contribution in [3.63, 3.8) is 0 Å². The molecule has 0 spiro atoms. The Morgan fingerprint density at radius 2 is 1.29 bits per heavy atom. The van der Waals surface area contributed by atoms with Gasteiger partial charge in [0, 0.05) is 0 Å². The maximum absolute atomic E-state index is 3.89. The Kier molecular flexibility index (Phi) is 9.54. The Labute approximate surface area is 151 Å². The molecule has 2 rings (SSSR count). The maximum Gasteiger partial charge on any atom is -0.0233 e. The van der Waals surface area contributed by atoms with Crippen molar-refractivity contribution in [2.45, 2.75) is 90.4 Å². The van der Waals surface area contributed by atoms with Crippen LogP contribution in [0.4, 0.5) is 0 Å². The van der Waals surface area contributed by atoms with Crippen molar-refractivity contribution in [1.82, 2.24) is 0 Å². The number of allylic oxidation sites excluding steroid dienone is 5. The molecule has 24 heavy (non-hydrogen) atoms. The zero-order valence-corrected chi connectivity index (χ0v) is 16.1. The van der Waals surface area contributed by atoms with Gasteiger partial charge in [0.2, 0.25) is 0 Å². The predicted molar refractivity (Wildman–Crippen MR) is 108 cm³/mol. The van der Waals surface area contributed by atoms with Crippen molar-refractivity contribution >= 4 is 0 Å². The molecule has 0 atom stereocenters. The molecule has 0 bridgehead atoms. The van der Waals surface area contributed by atoms with Crippen LogP contribution in [0.3, 0.4) is 0 Å². The molecule has 2 aliphatic rings. The standard InChI is InChI=1S/C24H40/c1-3-5-6-10-22-17-19-24(20-18-22)12-8-7-11-23-15-13-21(9-4-2)14-16-23/h3-5,8,12,21-24H,2,6-7,9-11,13-20H2,1H3. The number of hydrogen-bond acceptors (Lipinski definition) is 0. The second kappa shape index (κ2) is 11.7. The lowest BCUT2D eigenvalue weighted by Gasteiger charge is -2.28. The molecule has 0 aliphatic heterocycles. The van der Waals surface area contributed by atoms with E-state index in [0.29, 0.717) is 0 Å². The van der Waals surface area contributed by atoms with Crippen LogP contribution < -0.4 is 0 Å². The minimum Gasteiger partial charge on any atom is -0.103 e. The van der Waals surface area contributed by atoms with Crippen LogP contribution in [0.5, 0.6) is 0 Å². The van der Waals surface area contributed by atoms with Crippen LogP contribution in [0.2, 0.25) is 0 Å². The van der Waals surface area contributed by atoms with E-state index in [-0.39, 0.29) is 0 Å². The van der Waals surface area contributed by atoms with E-state index in [2.05, 4.69) is 43.9 Å². The Hall–Kier alpha value is -0.780. The average molecular weight is 329 g/mol. The van der Waals surface area contributed by atoms with Crippen molar-refractivity contribution in [3.05, 3.63) is 37.0 Å². The normalized spacial score (nSPS) is 31.7. The highest BCUT2D eigenvalue weighted by Gasteiger charge is 2.20. The number of rotatable bonds is 9. The molecule has 136 valence electrons. The predicted octanol–water partition coefficient (Wildman–Crippen LogP) is 7.87. The molecule has 0 aromatic carbocycles. The van der Waals surface area contributed by atoms with Crippen LogP contribution >= 0.6 is 0 Å². The third kappa shape index (κ3) is 7.41. The van der Waals surface area contributed by atoms with Gasteiger partial charge in [-0.3, -0.25) is 0 Å². The van der Waals surface area contributed by atoms with E-state index >= 15 is 0 Å². The zero-order valence-electron chi connectivity index (χ0n) is 16.1. The second-order valence-corrected chi connectivity index (χ2v) is 8.34. The lowest BCUT2D eigenvalue weighted by Crippen LogP contribution is -2.14. The highest BCUT2D eigenvalue weighted by molar-refractivity contribution is 4.92. The summed E-state index contributed by atoms with van der Waals surface area (Å²) in [7, 11) is 0. The number of hydrogen-bond donors (Lipinski definition) is 0. The molecule has 0 saturated heterocycles. The summed E-state index contributed by atoms with van der Waals surface area (Å²) in [6.07, 6.45) is 30.0. The van der Waals surface area contributed by atoms with Gasteiger partial charge in [0.15, 0.2) is 0 Å². The van der Waals surface area contributed by atoms with Crippen molar-refractivity contribution in [1.29, 1.82) is 0 Å². The molecule has 0 aromatic heterocycles. The fourth-order valence-electron chi connectivity index (χ4n) is 4.78. The van der Waals surface area contributed by atoms with Crippen molar-refractivity contribution in [2.75, 3.05) is 0 Å². The topological polar surface area (TPSA) is 0 Å². The fourth-order valence-corrected chi connectivity index (χ4v) is 4.78. The molecule has 0 radical (unpaired) electrons. The Bertz CT molecular complexity index is 373. The van der Waals surface area contributed by atoms with E-state index in [1.54, 1.807) is 0 Å². The molecule has 0 nitrogen and oxygen atoms in total. The maximum atomic E-state index is 3.89. The summed E-state index contributed by atoms with van der Waals surface area (Å²) < 4.78 is 0. The largest absolute Gasteiger partial charge is 0.103 e. The first-order chi connectivity index (χ1) is 11.8. The van der Waals surface area contributed by atoms with Crippen LogP contribution in [-0.2, 0) is 0 Å². The summed E-state index contributed by atoms with van der Waals surface area (Å²) in [6, 6.07) is 0. The Morgan fingerprint density at radius 3 is 1.88 bits per heavy atom. The molecule has 0 N–H and O–H groups in total. The van der Waals surface area contributed by atoms with Gasteiger partial charge in [-0.1, -0.05) is 43.2 Å². The second-order valence-electron chi connectivity index (χ2n) is 8.34. The van der Waals surface area contributed by atoms with E-state index in [9.17, 15) is 0 Å². The zero-order chi connectivity index (χ0) is 17.0. The lowest BCUT2D eigenvalue weighted by molar-refractivity contribution is 0.265. The molecule has 2 fully saturated rings. The third-order valence-electron chi connectivity index (χ3n) is 6.48. The van der Waals surface area contributed by atoms with Crippen molar-refractivity contribution < 1.29 is 0 Å². The molecular formula is C24H40. The summed E-state index contributed by atoms with van der Waals surface area (Å²) >= 11 is 0. The molecule has 0 heterocycles. The van der Waals surface area contributed by atoms with Gasteiger partial charge >= 0.3 is 0 Å². The van der Waals surface area contributed by atoms with E-state index in [1.807, 2.05) is 0 Å². The summed E-state index contributed by atoms with van der Waals surface area (Å²) in [4.78, 5) is 0. The van der Waals surface area contributed by atoms with E-state index in [0.717, 1.165) is 23.7 Å². The Balaban J connectivity index is 1.53. The highest BCUT2D eigenvalue weighted by atomic mass is 14.3. The van der Waals surface area contributed by atoms with Gasteiger partial charge in [-0.15, -0.1) is 6.58 Å². The first kappa shape index (κ1) is 19.5. The van der Waals surface area contributed by atoms with E-state index in [4.69, 9.17) is 0 Å².